The topological polar surface area (TPSA) is 73.1 Å². The van der Waals surface area contributed by atoms with Crippen molar-refractivity contribution >= 4 is 5.91 Å². The highest BCUT2D eigenvalue weighted by Gasteiger charge is 2.29. The molecule has 3 heterocycles. The zero-order valence-corrected chi connectivity index (χ0v) is 14.3. The van der Waals surface area contributed by atoms with Crippen LogP contribution < -0.4 is 0 Å². The first-order valence-electron chi connectivity index (χ1n) is 8.95. The smallest absolute Gasteiger partial charge is 0.255 e. The summed E-state index contributed by atoms with van der Waals surface area (Å²) in [5.41, 5.74) is 1.60. The Hall–Kier alpha value is -2.28. The van der Waals surface area contributed by atoms with Crippen LogP contribution in [0.4, 0.5) is 0 Å². The predicted octanol–water partition coefficient (Wildman–Crippen LogP) is 2.08. The molecule has 2 aromatic heterocycles. The first kappa shape index (κ1) is 16.2. The molecule has 1 atom stereocenters. The van der Waals surface area contributed by atoms with E-state index in [1.54, 1.807) is 12.3 Å². The average molecular weight is 341 g/mol. The maximum Gasteiger partial charge on any atom is 0.255 e. The fourth-order valence-corrected chi connectivity index (χ4v) is 3.82. The number of carbonyl (C=O) groups excluding carboxylic acids is 1. The molecule has 0 saturated heterocycles. The lowest BCUT2D eigenvalue weighted by Crippen LogP contribution is -2.42. The summed E-state index contributed by atoms with van der Waals surface area (Å²) in [5.74, 6) is 0.676. The van der Waals surface area contributed by atoms with Crippen molar-refractivity contribution in [3.05, 3.63) is 42.2 Å². The number of carbonyl (C=O) groups is 1. The van der Waals surface area contributed by atoms with Crippen molar-refractivity contribution in [1.82, 2.24) is 24.6 Å². The molecule has 4 rings (SSSR count). The predicted molar refractivity (Wildman–Crippen MR) is 90.8 cm³/mol. The van der Waals surface area contributed by atoms with Gasteiger partial charge < -0.3 is 14.2 Å². The van der Waals surface area contributed by atoms with E-state index >= 15 is 0 Å². The van der Waals surface area contributed by atoms with Gasteiger partial charge in [0.25, 0.3) is 5.91 Å². The van der Waals surface area contributed by atoms with Crippen LogP contribution in [0.3, 0.4) is 0 Å². The monoisotopic (exact) mass is 341 g/mol. The van der Waals surface area contributed by atoms with Gasteiger partial charge in [0.05, 0.1) is 49.2 Å². The maximum atomic E-state index is 12.7. The molecule has 132 valence electrons. The van der Waals surface area contributed by atoms with Crippen LogP contribution in [0.5, 0.6) is 0 Å². The molecule has 2 aliphatic rings. The Kier molecular flexibility index (Phi) is 4.74. The summed E-state index contributed by atoms with van der Waals surface area (Å²) in [6, 6.07) is 1.80. The highest BCUT2D eigenvalue weighted by Crippen LogP contribution is 2.26. The molecule has 1 aliphatic carbocycles. The number of ether oxygens (including phenoxy) is 1. The van der Waals surface area contributed by atoms with Crippen molar-refractivity contribution in [3.8, 4) is 0 Å². The van der Waals surface area contributed by atoms with Gasteiger partial charge in [0.1, 0.15) is 0 Å². The fraction of sp³-hybridized carbons (Fsp3) is 0.556. The van der Waals surface area contributed by atoms with Gasteiger partial charge in [-0.15, -0.1) is 0 Å². The van der Waals surface area contributed by atoms with Crippen LogP contribution in [0.15, 0.2) is 31.0 Å². The van der Waals surface area contributed by atoms with Crippen LogP contribution in [0, 0.1) is 5.92 Å². The third kappa shape index (κ3) is 3.56. The minimum Gasteiger partial charge on any atom is -0.379 e. The maximum absolute atomic E-state index is 12.7. The number of rotatable bonds is 5. The van der Waals surface area contributed by atoms with Crippen LogP contribution in [0.2, 0.25) is 0 Å². The van der Waals surface area contributed by atoms with Gasteiger partial charge in [0, 0.05) is 19.3 Å². The summed E-state index contributed by atoms with van der Waals surface area (Å²) in [6.45, 7) is 2.61. The zero-order valence-electron chi connectivity index (χ0n) is 14.3. The molecule has 1 aliphatic heterocycles. The zero-order chi connectivity index (χ0) is 17.1. The lowest BCUT2D eigenvalue weighted by Gasteiger charge is -2.34. The second kappa shape index (κ2) is 7.31. The number of amides is 1. The van der Waals surface area contributed by atoms with Crippen molar-refractivity contribution in [1.29, 1.82) is 0 Å². The van der Waals surface area contributed by atoms with Crippen LogP contribution in [-0.2, 0) is 11.3 Å². The number of fused-ring (bicyclic) bond motifs is 1. The SMILES string of the molecule is O=C(c1ccnnc1)N1Cc2cncn2C(COCC2CCCC2)C1. The molecule has 0 N–H and O–H groups in total. The molecule has 1 saturated carbocycles. The normalized spacial score (nSPS) is 20.6. The van der Waals surface area contributed by atoms with E-state index < -0.39 is 0 Å². The Bertz CT molecular complexity index is 711. The second-order valence-electron chi connectivity index (χ2n) is 6.95. The van der Waals surface area contributed by atoms with Crippen LogP contribution in [0.1, 0.15) is 47.8 Å². The van der Waals surface area contributed by atoms with Gasteiger partial charge in [-0.05, 0) is 24.8 Å². The lowest BCUT2D eigenvalue weighted by molar-refractivity contribution is 0.0434. The summed E-state index contributed by atoms with van der Waals surface area (Å²) >= 11 is 0. The van der Waals surface area contributed by atoms with Crippen LogP contribution in [0.25, 0.3) is 0 Å². The minimum atomic E-state index is -0.0249. The highest BCUT2D eigenvalue weighted by atomic mass is 16.5. The average Bonchev–Trinajstić information content (AvgIpc) is 3.33. The molecule has 0 radical (unpaired) electrons. The molecule has 1 unspecified atom stereocenters. The van der Waals surface area contributed by atoms with E-state index in [-0.39, 0.29) is 11.9 Å². The largest absolute Gasteiger partial charge is 0.379 e. The minimum absolute atomic E-state index is 0.0249. The Balaban J connectivity index is 1.43. The molecule has 2 aromatic rings. The molecule has 7 heteroatoms. The first-order valence-corrected chi connectivity index (χ1v) is 8.95. The van der Waals surface area contributed by atoms with Gasteiger partial charge in [-0.3, -0.25) is 4.79 Å². The van der Waals surface area contributed by atoms with Crippen molar-refractivity contribution in [2.45, 2.75) is 38.3 Å². The molecule has 7 nitrogen and oxygen atoms in total. The summed E-state index contributed by atoms with van der Waals surface area (Å²) < 4.78 is 8.15. The van der Waals surface area contributed by atoms with Crippen LogP contribution >= 0.6 is 0 Å². The van der Waals surface area contributed by atoms with Crippen molar-refractivity contribution in [2.75, 3.05) is 19.8 Å². The quantitative estimate of drug-likeness (QED) is 0.832. The van der Waals surface area contributed by atoms with Crippen molar-refractivity contribution in [2.24, 2.45) is 5.92 Å². The fourth-order valence-electron chi connectivity index (χ4n) is 3.82. The Morgan fingerprint density at radius 1 is 1.20 bits per heavy atom. The molecule has 25 heavy (non-hydrogen) atoms. The summed E-state index contributed by atoms with van der Waals surface area (Å²) in [4.78, 5) is 18.8. The second-order valence-corrected chi connectivity index (χ2v) is 6.95. The van der Waals surface area contributed by atoms with Crippen molar-refractivity contribution in [3.63, 3.8) is 0 Å². The van der Waals surface area contributed by atoms with E-state index in [0.717, 1.165) is 12.3 Å². The molecule has 0 bridgehead atoms. The van der Waals surface area contributed by atoms with E-state index in [4.69, 9.17) is 4.74 Å². The molecule has 1 amide bonds. The highest BCUT2D eigenvalue weighted by molar-refractivity contribution is 5.93. The van der Waals surface area contributed by atoms with Gasteiger partial charge in [-0.2, -0.15) is 10.2 Å². The Morgan fingerprint density at radius 2 is 2.08 bits per heavy atom. The van der Waals surface area contributed by atoms with Crippen LogP contribution in [-0.4, -0.2) is 50.3 Å². The summed E-state index contributed by atoms with van der Waals surface area (Å²) in [6.07, 6.45) is 11.9. The first-order chi connectivity index (χ1) is 12.3. The number of aromatic nitrogens is 4. The van der Waals surface area contributed by atoms with Gasteiger partial charge in [0.2, 0.25) is 0 Å². The summed E-state index contributed by atoms with van der Waals surface area (Å²) in [5, 5.41) is 7.55. The number of hydrogen-bond donors (Lipinski definition) is 0. The van der Waals surface area contributed by atoms with Gasteiger partial charge in [-0.25, -0.2) is 4.98 Å². The molecule has 1 fully saturated rings. The molecule has 0 spiro atoms. The van der Waals surface area contributed by atoms with E-state index in [1.807, 2.05) is 17.4 Å². The van der Waals surface area contributed by atoms with E-state index in [9.17, 15) is 4.79 Å². The van der Waals surface area contributed by atoms with E-state index in [0.29, 0.717) is 31.2 Å². The summed E-state index contributed by atoms with van der Waals surface area (Å²) in [7, 11) is 0. The molecule has 0 aromatic carbocycles. The van der Waals surface area contributed by atoms with Gasteiger partial charge in [-0.1, -0.05) is 12.8 Å². The third-order valence-electron chi connectivity index (χ3n) is 5.18. The van der Waals surface area contributed by atoms with E-state index in [1.165, 1.54) is 31.9 Å². The number of imidazole rings is 1. The van der Waals surface area contributed by atoms with Gasteiger partial charge in [0.15, 0.2) is 0 Å². The molecular weight excluding hydrogens is 318 g/mol. The number of hydrogen-bond acceptors (Lipinski definition) is 5. The third-order valence-corrected chi connectivity index (χ3v) is 5.18. The Morgan fingerprint density at radius 3 is 2.88 bits per heavy atom. The van der Waals surface area contributed by atoms with Gasteiger partial charge >= 0.3 is 0 Å². The Labute approximate surface area is 147 Å². The van der Waals surface area contributed by atoms with E-state index in [2.05, 4.69) is 19.7 Å². The number of nitrogens with zero attached hydrogens (tertiary/aromatic N) is 5. The molecular formula is C18H23N5O2. The lowest BCUT2D eigenvalue weighted by atomic mass is 10.1. The standard InChI is InChI=1S/C18H23N5O2/c24-18(15-5-6-20-21-7-15)22-9-16-8-19-13-23(16)17(10-22)12-25-11-14-3-1-2-4-14/h5-8,13-14,17H,1-4,9-12H2. The van der Waals surface area contributed by atoms with Crippen molar-refractivity contribution < 1.29 is 9.53 Å².